The number of aromatic nitrogens is 2. The van der Waals surface area contributed by atoms with Crippen molar-refractivity contribution < 1.29 is 9.90 Å². The first-order valence-corrected chi connectivity index (χ1v) is 10.2. The Kier molecular flexibility index (Phi) is 5.65. The molecule has 29 heavy (non-hydrogen) atoms. The van der Waals surface area contributed by atoms with Gasteiger partial charge in [-0.2, -0.15) is 0 Å². The first kappa shape index (κ1) is 19.6. The van der Waals surface area contributed by atoms with Crippen molar-refractivity contribution >= 4 is 11.6 Å². The van der Waals surface area contributed by atoms with Gasteiger partial charge in [0.15, 0.2) is 5.69 Å². The van der Waals surface area contributed by atoms with Gasteiger partial charge in [0.1, 0.15) is 5.65 Å². The van der Waals surface area contributed by atoms with E-state index in [0.717, 1.165) is 36.3 Å². The minimum atomic E-state index is -0.288. The number of benzene rings is 1. The number of carbonyl (C=O) groups is 1. The molecule has 1 saturated heterocycles. The van der Waals surface area contributed by atoms with Gasteiger partial charge in [0.05, 0.1) is 11.8 Å². The maximum atomic E-state index is 13.3. The predicted octanol–water partition coefficient (Wildman–Crippen LogP) is 2.52. The molecule has 152 valence electrons. The minimum Gasteiger partial charge on any atom is -0.392 e. The summed E-state index contributed by atoms with van der Waals surface area (Å²) in [6, 6.07) is 14.2. The summed E-state index contributed by atoms with van der Waals surface area (Å²) in [5, 5.41) is 9.89. The van der Waals surface area contributed by atoms with Gasteiger partial charge in [-0.1, -0.05) is 36.4 Å². The monoisotopic (exact) mass is 392 g/mol. The van der Waals surface area contributed by atoms with E-state index in [0.29, 0.717) is 25.3 Å². The lowest BCUT2D eigenvalue weighted by atomic mass is 10.1. The van der Waals surface area contributed by atoms with Gasteiger partial charge in [0.25, 0.3) is 5.91 Å². The molecule has 1 amide bonds. The van der Waals surface area contributed by atoms with E-state index < -0.39 is 0 Å². The maximum Gasteiger partial charge on any atom is 0.274 e. The van der Waals surface area contributed by atoms with Crippen LogP contribution >= 0.6 is 0 Å². The van der Waals surface area contributed by atoms with Crippen LogP contribution in [0.4, 0.5) is 0 Å². The van der Waals surface area contributed by atoms with Gasteiger partial charge in [-0.05, 0) is 37.0 Å². The van der Waals surface area contributed by atoms with E-state index >= 15 is 0 Å². The SMILES string of the molecule is Cc1cccn2c(CN3CC[C@H](O)C3)c(C(=O)N(C)CCc3ccccc3)nc12. The number of likely N-dealkylation sites (tertiary alicyclic amines) is 1. The summed E-state index contributed by atoms with van der Waals surface area (Å²) in [5.41, 5.74) is 4.48. The molecule has 0 radical (unpaired) electrons. The van der Waals surface area contributed by atoms with E-state index in [-0.39, 0.29) is 12.0 Å². The van der Waals surface area contributed by atoms with Gasteiger partial charge in [-0.3, -0.25) is 9.69 Å². The van der Waals surface area contributed by atoms with Crippen molar-refractivity contribution in [2.75, 3.05) is 26.7 Å². The summed E-state index contributed by atoms with van der Waals surface area (Å²) in [5.74, 6) is -0.0567. The second kappa shape index (κ2) is 8.35. The third kappa shape index (κ3) is 4.18. The van der Waals surface area contributed by atoms with Crippen molar-refractivity contribution in [3.63, 3.8) is 0 Å². The molecule has 2 aromatic heterocycles. The molecule has 1 atom stereocenters. The molecule has 1 aromatic carbocycles. The summed E-state index contributed by atoms with van der Waals surface area (Å²) in [7, 11) is 1.84. The second-order valence-corrected chi connectivity index (χ2v) is 7.93. The van der Waals surface area contributed by atoms with Crippen LogP contribution in [0.5, 0.6) is 0 Å². The molecule has 4 rings (SSSR count). The zero-order valence-electron chi connectivity index (χ0n) is 17.1. The zero-order valence-corrected chi connectivity index (χ0v) is 17.1. The van der Waals surface area contributed by atoms with Crippen LogP contribution in [0.3, 0.4) is 0 Å². The van der Waals surface area contributed by atoms with Crippen molar-refractivity contribution in [1.82, 2.24) is 19.2 Å². The molecular weight excluding hydrogens is 364 g/mol. The molecular formula is C23H28N4O2. The summed E-state index contributed by atoms with van der Waals surface area (Å²) < 4.78 is 2.03. The van der Waals surface area contributed by atoms with Crippen LogP contribution in [0.1, 0.15) is 33.7 Å². The lowest BCUT2D eigenvalue weighted by Crippen LogP contribution is -2.31. The number of aryl methyl sites for hydroxylation is 1. The first-order chi connectivity index (χ1) is 14.0. The molecule has 1 fully saturated rings. The van der Waals surface area contributed by atoms with Gasteiger partial charge in [0.2, 0.25) is 0 Å². The van der Waals surface area contributed by atoms with Gasteiger partial charge in [0, 0.05) is 39.4 Å². The number of hydrogen-bond acceptors (Lipinski definition) is 4. The van der Waals surface area contributed by atoms with E-state index in [2.05, 4.69) is 17.0 Å². The highest BCUT2D eigenvalue weighted by atomic mass is 16.3. The second-order valence-electron chi connectivity index (χ2n) is 7.93. The van der Waals surface area contributed by atoms with Gasteiger partial charge >= 0.3 is 0 Å². The number of hydrogen-bond donors (Lipinski definition) is 1. The van der Waals surface area contributed by atoms with E-state index in [9.17, 15) is 9.90 Å². The third-order valence-corrected chi connectivity index (χ3v) is 5.69. The number of β-amino-alcohol motifs (C(OH)–C–C–N with tert-alkyl or cyclic N) is 1. The quantitative estimate of drug-likeness (QED) is 0.700. The van der Waals surface area contributed by atoms with Crippen LogP contribution in [0.2, 0.25) is 0 Å². The number of likely N-dealkylation sites (N-methyl/N-ethyl adjacent to an activating group) is 1. The Balaban J connectivity index is 1.60. The number of rotatable bonds is 6. The van der Waals surface area contributed by atoms with Gasteiger partial charge < -0.3 is 14.4 Å². The van der Waals surface area contributed by atoms with Crippen LogP contribution in [0, 0.1) is 6.92 Å². The van der Waals surface area contributed by atoms with Crippen molar-refractivity contribution in [3.05, 3.63) is 71.2 Å². The van der Waals surface area contributed by atoms with Crippen LogP contribution in [0.25, 0.3) is 5.65 Å². The van der Waals surface area contributed by atoms with Crippen molar-refractivity contribution in [3.8, 4) is 0 Å². The fourth-order valence-electron chi connectivity index (χ4n) is 3.97. The first-order valence-electron chi connectivity index (χ1n) is 10.2. The number of aliphatic hydroxyl groups excluding tert-OH is 1. The fourth-order valence-corrected chi connectivity index (χ4v) is 3.97. The molecule has 1 N–H and O–H groups in total. The molecule has 3 heterocycles. The van der Waals surface area contributed by atoms with E-state index in [1.807, 2.05) is 54.9 Å². The smallest absolute Gasteiger partial charge is 0.274 e. The summed E-state index contributed by atoms with van der Waals surface area (Å²) >= 11 is 0. The number of aliphatic hydroxyl groups is 1. The number of pyridine rings is 1. The highest BCUT2D eigenvalue weighted by Gasteiger charge is 2.27. The molecule has 0 unspecified atom stereocenters. The summed E-state index contributed by atoms with van der Waals surface area (Å²) in [6.45, 7) is 4.72. The van der Waals surface area contributed by atoms with Crippen LogP contribution in [-0.4, -0.2) is 63.0 Å². The summed E-state index contributed by atoms with van der Waals surface area (Å²) in [6.07, 6.45) is 3.26. The highest BCUT2D eigenvalue weighted by Crippen LogP contribution is 2.21. The molecule has 0 aliphatic carbocycles. The molecule has 1 aliphatic heterocycles. The molecule has 0 spiro atoms. The predicted molar refractivity (Wildman–Crippen MR) is 113 cm³/mol. The number of amides is 1. The van der Waals surface area contributed by atoms with Crippen molar-refractivity contribution in [1.29, 1.82) is 0 Å². The minimum absolute atomic E-state index is 0.0567. The Morgan fingerprint density at radius 1 is 1.24 bits per heavy atom. The molecule has 0 saturated carbocycles. The molecule has 0 bridgehead atoms. The highest BCUT2D eigenvalue weighted by molar-refractivity contribution is 5.94. The molecule has 6 heteroatoms. The Morgan fingerprint density at radius 3 is 2.76 bits per heavy atom. The average molecular weight is 393 g/mol. The van der Waals surface area contributed by atoms with E-state index in [4.69, 9.17) is 4.98 Å². The Labute approximate surface area is 171 Å². The Bertz CT molecular complexity index is 999. The van der Waals surface area contributed by atoms with Crippen LogP contribution < -0.4 is 0 Å². The fraction of sp³-hybridized carbons (Fsp3) is 0.391. The number of nitrogens with zero attached hydrogens (tertiary/aromatic N) is 4. The molecule has 6 nitrogen and oxygen atoms in total. The summed E-state index contributed by atoms with van der Waals surface area (Å²) in [4.78, 5) is 22.0. The topological polar surface area (TPSA) is 61.1 Å². The van der Waals surface area contributed by atoms with Crippen LogP contribution in [-0.2, 0) is 13.0 Å². The lowest BCUT2D eigenvalue weighted by Gasteiger charge is -2.19. The average Bonchev–Trinajstić information content (AvgIpc) is 3.31. The molecule has 3 aromatic rings. The van der Waals surface area contributed by atoms with Gasteiger partial charge in [-0.25, -0.2) is 4.98 Å². The number of imidazole rings is 1. The third-order valence-electron chi connectivity index (χ3n) is 5.69. The normalized spacial score (nSPS) is 17.1. The standard InChI is InChI=1S/C23H28N4O2/c1-17-7-6-12-27-20(16-26-14-11-19(28)15-26)21(24-22(17)27)23(29)25(2)13-10-18-8-4-3-5-9-18/h3-9,12,19,28H,10-11,13-16H2,1-2H3/t19-/m0/s1. The van der Waals surface area contributed by atoms with Gasteiger partial charge in [-0.15, -0.1) is 0 Å². The van der Waals surface area contributed by atoms with Crippen LogP contribution in [0.15, 0.2) is 48.7 Å². The lowest BCUT2D eigenvalue weighted by molar-refractivity contribution is 0.0789. The largest absolute Gasteiger partial charge is 0.392 e. The Morgan fingerprint density at radius 2 is 2.03 bits per heavy atom. The number of carbonyl (C=O) groups excluding carboxylic acids is 1. The van der Waals surface area contributed by atoms with Crippen molar-refractivity contribution in [2.45, 2.75) is 32.4 Å². The van der Waals surface area contributed by atoms with E-state index in [1.165, 1.54) is 5.56 Å². The maximum absolute atomic E-state index is 13.3. The number of fused-ring (bicyclic) bond motifs is 1. The van der Waals surface area contributed by atoms with E-state index in [1.54, 1.807) is 4.90 Å². The van der Waals surface area contributed by atoms with Crippen molar-refractivity contribution in [2.24, 2.45) is 0 Å². The molecule has 1 aliphatic rings. The Hall–Kier alpha value is -2.70. The zero-order chi connectivity index (χ0) is 20.4.